The molecule has 0 bridgehead atoms. The third-order valence-corrected chi connectivity index (χ3v) is 3.98. The van der Waals surface area contributed by atoms with Gasteiger partial charge in [-0.1, -0.05) is 20.8 Å². The van der Waals surface area contributed by atoms with Crippen LogP contribution in [0.25, 0.3) is 0 Å². The van der Waals surface area contributed by atoms with Gasteiger partial charge < -0.3 is 15.3 Å². The standard InChI is InChI=1S/C16H30N4O/c1-16(2,3)15-13(11-19(4)18-15)9-17-10-14(21)12-20-7-5-6-8-20/h11,14,17,21H,5-10,12H2,1-4H3. The van der Waals surface area contributed by atoms with Crippen molar-refractivity contribution >= 4 is 0 Å². The Balaban J connectivity index is 1.80. The molecule has 1 aliphatic heterocycles. The van der Waals surface area contributed by atoms with Gasteiger partial charge in [0.2, 0.25) is 0 Å². The average molecular weight is 294 g/mol. The Morgan fingerprint density at radius 3 is 2.62 bits per heavy atom. The maximum Gasteiger partial charge on any atom is 0.0791 e. The molecule has 1 atom stereocenters. The van der Waals surface area contributed by atoms with Crippen LogP contribution >= 0.6 is 0 Å². The predicted molar refractivity (Wildman–Crippen MR) is 85.3 cm³/mol. The van der Waals surface area contributed by atoms with E-state index in [0.717, 1.165) is 31.9 Å². The van der Waals surface area contributed by atoms with Crippen molar-refractivity contribution in [1.29, 1.82) is 0 Å². The fourth-order valence-corrected chi connectivity index (χ4v) is 3.00. The first-order valence-corrected chi connectivity index (χ1v) is 8.00. The molecule has 1 saturated heterocycles. The molecule has 0 saturated carbocycles. The molecule has 2 heterocycles. The Morgan fingerprint density at radius 1 is 1.33 bits per heavy atom. The van der Waals surface area contributed by atoms with Crippen molar-refractivity contribution in [2.45, 2.75) is 51.7 Å². The van der Waals surface area contributed by atoms with Gasteiger partial charge in [0.15, 0.2) is 0 Å². The lowest BCUT2D eigenvalue weighted by Gasteiger charge is -2.20. The highest BCUT2D eigenvalue weighted by Gasteiger charge is 2.22. The molecule has 1 unspecified atom stereocenters. The van der Waals surface area contributed by atoms with Gasteiger partial charge in [0.25, 0.3) is 0 Å². The molecule has 0 aliphatic carbocycles. The molecule has 2 N–H and O–H groups in total. The Bertz CT molecular complexity index is 444. The van der Waals surface area contributed by atoms with Gasteiger partial charge in [0.1, 0.15) is 0 Å². The lowest BCUT2D eigenvalue weighted by atomic mass is 9.89. The fourth-order valence-electron chi connectivity index (χ4n) is 3.00. The Morgan fingerprint density at radius 2 is 2.00 bits per heavy atom. The highest BCUT2D eigenvalue weighted by atomic mass is 16.3. The SMILES string of the molecule is Cn1cc(CNCC(O)CN2CCCC2)c(C(C)(C)C)n1. The largest absolute Gasteiger partial charge is 0.390 e. The second-order valence-corrected chi connectivity index (χ2v) is 7.22. The van der Waals surface area contributed by atoms with Crippen LogP contribution in [-0.2, 0) is 19.0 Å². The summed E-state index contributed by atoms with van der Waals surface area (Å²) in [6.45, 7) is 11.0. The predicted octanol–water partition coefficient (Wildman–Crippen LogP) is 1.26. The molecular weight excluding hydrogens is 264 g/mol. The molecule has 1 aromatic heterocycles. The molecule has 5 heteroatoms. The minimum Gasteiger partial charge on any atom is -0.390 e. The lowest BCUT2D eigenvalue weighted by Crippen LogP contribution is -2.37. The van der Waals surface area contributed by atoms with Crippen LogP contribution in [0.15, 0.2) is 6.20 Å². The molecule has 2 rings (SSSR count). The van der Waals surface area contributed by atoms with Gasteiger partial charge in [0.05, 0.1) is 11.8 Å². The van der Waals surface area contributed by atoms with Crippen LogP contribution in [0.3, 0.4) is 0 Å². The van der Waals surface area contributed by atoms with Gasteiger partial charge >= 0.3 is 0 Å². The van der Waals surface area contributed by atoms with E-state index in [4.69, 9.17) is 0 Å². The second kappa shape index (κ2) is 6.90. The first-order valence-electron chi connectivity index (χ1n) is 8.00. The Hall–Kier alpha value is -0.910. The smallest absolute Gasteiger partial charge is 0.0791 e. The monoisotopic (exact) mass is 294 g/mol. The van der Waals surface area contributed by atoms with E-state index in [1.54, 1.807) is 0 Å². The normalized spacial score (nSPS) is 18.3. The summed E-state index contributed by atoms with van der Waals surface area (Å²) in [5, 5.41) is 18.0. The van der Waals surface area contributed by atoms with E-state index in [1.807, 2.05) is 11.7 Å². The molecule has 120 valence electrons. The molecule has 0 aromatic carbocycles. The number of aliphatic hydroxyl groups excluding tert-OH is 1. The highest BCUT2D eigenvalue weighted by molar-refractivity contribution is 5.23. The summed E-state index contributed by atoms with van der Waals surface area (Å²) in [5.41, 5.74) is 2.40. The minimum atomic E-state index is -0.294. The van der Waals surface area contributed by atoms with Crippen LogP contribution in [0.1, 0.15) is 44.9 Å². The summed E-state index contributed by atoms with van der Waals surface area (Å²) in [6, 6.07) is 0. The number of nitrogens with one attached hydrogen (secondary N) is 1. The maximum atomic E-state index is 10.1. The minimum absolute atomic E-state index is 0.0481. The van der Waals surface area contributed by atoms with Gasteiger partial charge in [-0.15, -0.1) is 0 Å². The van der Waals surface area contributed by atoms with Crippen molar-refractivity contribution in [3.05, 3.63) is 17.5 Å². The Kier molecular flexibility index (Phi) is 5.41. The molecule has 5 nitrogen and oxygen atoms in total. The lowest BCUT2D eigenvalue weighted by molar-refractivity contribution is 0.123. The average Bonchev–Trinajstić information content (AvgIpc) is 2.98. The van der Waals surface area contributed by atoms with Crippen molar-refractivity contribution in [3.8, 4) is 0 Å². The molecule has 0 radical (unpaired) electrons. The molecule has 1 aliphatic rings. The quantitative estimate of drug-likeness (QED) is 0.829. The van der Waals surface area contributed by atoms with E-state index < -0.39 is 0 Å². The number of aromatic nitrogens is 2. The van der Waals surface area contributed by atoms with Crippen molar-refractivity contribution in [1.82, 2.24) is 20.0 Å². The molecule has 21 heavy (non-hydrogen) atoms. The number of β-amino-alcohol motifs (C(OH)–C–C–N with tert-alkyl or cyclic N) is 1. The first-order chi connectivity index (χ1) is 9.86. The molecule has 0 spiro atoms. The summed E-state index contributed by atoms with van der Waals surface area (Å²) in [5.74, 6) is 0. The topological polar surface area (TPSA) is 53.3 Å². The van der Waals surface area contributed by atoms with Crippen LogP contribution in [0.2, 0.25) is 0 Å². The zero-order chi connectivity index (χ0) is 15.5. The van der Waals surface area contributed by atoms with Gasteiger partial charge in [-0.3, -0.25) is 4.68 Å². The van der Waals surface area contributed by atoms with Crippen LogP contribution in [0.4, 0.5) is 0 Å². The summed E-state index contributed by atoms with van der Waals surface area (Å²) in [6.07, 6.45) is 4.31. The van der Waals surface area contributed by atoms with E-state index in [9.17, 15) is 5.11 Å². The van der Waals surface area contributed by atoms with E-state index in [2.05, 4.69) is 42.3 Å². The summed E-state index contributed by atoms with van der Waals surface area (Å²) < 4.78 is 1.87. The van der Waals surface area contributed by atoms with Gasteiger partial charge in [-0.2, -0.15) is 5.10 Å². The number of aliphatic hydroxyl groups is 1. The van der Waals surface area contributed by atoms with Crippen molar-refractivity contribution in [2.24, 2.45) is 7.05 Å². The third kappa shape index (κ3) is 4.80. The summed E-state index contributed by atoms with van der Waals surface area (Å²) in [4.78, 5) is 2.34. The summed E-state index contributed by atoms with van der Waals surface area (Å²) in [7, 11) is 1.96. The zero-order valence-corrected chi connectivity index (χ0v) is 13.9. The number of aryl methyl sites for hydroxylation is 1. The van der Waals surface area contributed by atoms with E-state index in [-0.39, 0.29) is 11.5 Å². The maximum absolute atomic E-state index is 10.1. The first kappa shape index (κ1) is 16.5. The van der Waals surface area contributed by atoms with Crippen LogP contribution in [-0.4, -0.2) is 52.1 Å². The molecular formula is C16H30N4O. The van der Waals surface area contributed by atoms with E-state index in [0.29, 0.717) is 6.54 Å². The number of rotatable bonds is 6. The van der Waals surface area contributed by atoms with Crippen molar-refractivity contribution in [3.63, 3.8) is 0 Å². The van der Waals surface area contributed by atoms with E-state index >= 15 is 0 Å². The number of likely N-dealkylation sites (tertiary alicyclic amines) is 1. The van der Waals surface area contributed by atoms with Gasteiger partial charge in [0, 0.05) is 43.9 Å². The number of hydrogen-bond donors (Lipinski definition) is 2. The van der Waals surface area contributed by atoms with Crippen molar-refractivity contribution < 1.29 is 5.11 Å². The van der Waals surface area contributed by atoms with Gasteiger partial charge in [-0.05, 0) is 25.9 Å². The molecule has 1 fully saturated rings. The van der Waals surface area contributed by atoms with Gasteiger partial charge in [-0.25, -0.2) is 0 Å². The molecule has 0 amide bonds. The number of nitrogens with zero attached hydrogens (tertiary/aromatic N) is 3. The van der Waals surface area contributed by atoms with Crippen LogP contribution < -0.4 is 5.32 Å². The van der Waals surface area contributed by atoms with Crippen LogP contribution in [0, 0.1) is 0 Å². The van der Waals surface area contributed by atoms with Crippen LogP contribution in [0.5, 0.6) is 0 Å². The summed E-state index contributed by atoms with van der Waals surface area (Å²) >= 11 is 0. The highest BCUT2D eigenvalue weighted by Crippen LogP contribution is 2.23. The van der Waals surface area contributed by atoms with Crippen molar-refractivity contribution in [2.75, 3.05) is 26.2 Å². The number of hydrogen-bond acceptors (Lipinski definition) is 4. The second-order valence-electron chi connectivity index (χ2n) is 7.22. The van der Waals surface area contributed by atoms with E-state index in [1.165, 1.54) is 18.4 Å². The molecule has 1 aromatic rings. The third-order valence-electron chi connectivity index (χ3n) is 3.98. The Labute approximate surface area is 128 Å². The fraction of sp³-hybridized carbons (Fsp3) is 0.812. The zero-order valence-electron chi connectivity index (χ0n) is 13.9.